The van der Waals surface area contributed by atoms with E-state index in [4.69, 9.17) is 4.74 Å². The smallest absolute Gasteiger partial charge is 0.325 e. The zero-order valence-electron chi connectivity index (χ0n) is 15.3. The molecular formula is C20H23N3O3. The van der Waals surface area contributed by atoms with Crippen LogP contribution >= 0.6 is 0 Å². The molecule has 1 fully saturated rings. The van der Waals surface area contributed by atoms with Crippen LogP contribution in [-0.4, -0.2) is 43.6 Å². The van der Waals surface area contributed by atoms with Crippen LogP contribution in [0, 0.1) is 13.8 Å². The van der Waals surface area contributed by atoms with Crippen molar-refractivity contribution in [3.05, 3.63) is 53.6 Å². The Labute approximate surface area is 153 Å². The molecule has 2 aromatic carbocycles. The Morgan fingerprint density at radius 3 is 2.46 bits per heavy atom. The molecule has 1 saturated heterocycles. The van der Waals surface area contributed by atoms with Crippen LogP contribution in [0.25, 0.3) is 0 Å². The van der Waals surface area contributed by atoms with E-state index in [-0.39, 0.29) is 18.5 Å². The standard InChI is InChI=1S/C20H23N3O3/c1-14-4-7-16(8-5-14)23-11-10-22(20(23)25)13-19(24)21-17-12-15(2)6-9-18(17)26-3/h4-9,12H,10-11,13H2,1-3H3,(H,21,24). The molecule has 0 spiro atoms. The van der Waals surface area contributed by atoms with Crippen LogP contribution in [0.2, 0.25) is 0 Å². The molecule has 136 valence electrons. The van der Waals surface area contributed by atoms with Gasteiger partial charge in [-0.1, -0.05) is 23.8 Å². The van der Waals surface area contributed by atoms with E-state index in [2.05, 4.69) is 5.32 Å². The van der Waals surface area contributed by atoms with Crippen molar-refractivity contribution >= 4 is 23.3 Å². The minimum atomic E-state index is -0.243. The Balaban J connectivity index is 1.64. The summed E-state index contributed by atoms with van der Waals surface area (Å²) >= 11 is 0. The SMILES string of the molecule is COc1ccc(C)cc1NC(=O)CN1CCN(c2ccc(C)cc2)C1=O. The van der Waals surface area contributed by atoms with Crippen LogP contribution in [0.4, 0.5) is 16.2 Å². The first-order valence-corrected chi connectivity index (χ1v) is 8.55. The largest absolute Gasteiger partial charge is 0.495 e. The van der Waals surface area contributed by atoms with Crippen molar-refractivity contribution in [1.82, 2.24) is 4.90 Å². The number of amides is 3. The third kappa shape index (κ3) is 3.79. The van der Waals surface area contributed by atoms with Gasteiger partial charge in [-0.25, -0.2) is 4.79 Å². The highest BCUT2D eigenvalue weighted by molar-refractivity contribution is 5.99. The van der Waals surface area contributed by atoms with E-state index in [0.717, 1.165) is 16.8 Å². The van der Waals surface area contributed by atoms with Crippen molar-refractivity contribution in [2.75, 3.05) is 37.0 Å². The number of hydrogen-bond donors (Lipinski definition) is 1. The molecule has 6 heteroatoms. The molecule has 0 aliphatic carbocycles. The number of aryl methyl sites for hydroxylation is 2. The molecule has 0 saturated carbocycles. The summed E-state index contributed by atoms with van der Waals surface area (Å²) in [6.07, 6.45) is 0. The lowest BCUT2D eigenvalue weighted by Gasteiger charge is -2.19. The molecule has 1 aliphatic heterocycles. The van der Waals surface area contributed by atoms with E-state index >= 15 is 0 Å². The van der Waals surface area contributed by atoms with Gasteiger partial charge in [-0.05, 0) is 43.7 Å². The number of methoxy groups -OCH3 is 1. The van der Waals surface area contributed by atoms with E-state index in [1.807, 2.05) is 56.3 Å². The zero-order chi connectivity index (χ0) is 18.7. The molecule has 0 bridgehead atoms. The quantitative estimate of drug-likeness (QED) is 0.898. The molecule has 0 atom stereocenters. The average molecular weight is 353 g/mol. The van der Waals surface area contributed by atoms with Gasteiger partial charge in [0.2, 0.25) is 5.91 Å². The predicted octanol–water partition coefficient (Wildman–Crippen LogP) is 3.19. The normalized spacial score (nSPS) is 13.9. The fraction of sp³-hybridized carbons (Fsp3) is 0.300. The van der Waals surface area contributed by atoms with E-state index in [1.54, 1.807) is 16.9 Å². The van der Waals surface area contributed by atoms with Crippen molar-refractivity contribution in [2.24, 2.45) is 0 Å². The van der Waals surface area contributed by atoms with Gasteiger partial charge in [0, 0.05) is 18.8 Å². The molecule has 1 N–H and O–H groups in total. The second-order valence-corrected chi connectivity index (χ2v) is 6.44. The first kappa shape index (κ1) is 17.8. The van der Waals surface area contributed by atoms with Crippen molar-refractivity contribution in [3.63, 3.8) is 0 Å². The maximum Gasteiger partial charge on any atom is 0.325 e. The summed E-state index contributed by atoms with van der Waals surface area (Å²) in [7, 11) is 1.56. The van der Waals surface area contributed by atoms with Gasteiger partial charge in [-0.15, -0.1) is 0 Å². The molecule has 6 nitrogen and oxygen atoms in total. The fourth-order valence-corrected chi connectivity index (χ4v) is 2.98. The summed E-state index contributed by atoms with van der Waals surface area (Å²) in [5, 5.41) is 2.84. The minimum Gasteiger partial charge on any atom is -0.495 e. The van der Waals surface area contributed by atoms with E-state index in [9.17, 15) is 9.59 Å². The number of nitrogens with one attached hydrogen (secondary N) is 1. The van der Waals surface area contributed by atoms with Gasteiger partial charge in [0.25, 0.3) is 0 Å². The minimum absolute atomic E-state index is 0.0122. The Kier molecular flexibility index (Phi) is 5.11. The second kappa shape index (κ2) is 7.47. The average Bonchev–Trinajstić information content (AvgIpc) is 2.96. The van der Waals surface area contributed by atoms with Crippen LogP contribution in [0.5, 0.6) is 5.75 Å². The molecule has 0 aromatic heterocycles. The summed E-state index contributed by atoms with van der Waals surface area (Å²) in [5.41, 5.74) is 3.62. The van der Waals surface area contributed by atoms with Gasteiger partial charge in [0.15, 0.2) is 0 Å². The second-order valence-electron chi connectivity index (χ2n) is 6.44. The third-order valence-electron chi connectivity index (χ3n) is 4.40. The molecule has 0 radical (unpaired) electrons. The number of rotatable bonds is 5. The van der Waals surface area contributed by atoms with E-state index < -0.39 is 0 Å². The molecule has 3 amide bonds. The van der Waals surface area contributed by atoms with Crippen molar-refractivity contribution in [1.29, 1.82) is 0 Å². The summed E-state index contributed by atoms with van der Waals surface area (Å²) in [4.78, 5) is 28.3. The number of benzene rings is 2. The van der Waals surface area contributed by atoms with Gasteiger partial charge in [-0.2, -0.15) is 0 Å². The Bertz CT molecular complexity index is 818. The van der Waals surface area contributed by atoms with Crippen LogP contribution < -0.4 is 15.0 Å². The molecule has 26 heavy (non-hydrogen) atoms. The summed E-state index contributed by atoms with van der Waals surface area (Å²) in [5.74, 6) is 0.353. The number of urea groups is 1. The first-order valence-electron chi connectivity index (χ1n) is 8.55. The van der Waals surface area contributed by atoms with Crippen LogP contribution in [-0.2, 0) is 4.79 Å². The molecule has 0 unspecified atom stereocenters. The Morgan fingerprint density at radius 2 is 1.77 bits per heavy atom. The lowest BCUT2D eigenvalue weighted by atomic mass is 10.2. The number of anilines is 2. The van der Waals surface area contributed by atoms with Gasteiger partial charge in [-0.3, -0.25) is 9.69 Å². The molecule has 1 aliphatic rings. The number of hydrogen-bond acceptors (Lipinski definition) is 3. The molecule has 2 aromatic rings. The summed E-state index contributed by atoms with van der Waals surface area (Å²) in [6, 6.07) is 13.2. The van der Waals surface area contributed by atoms with Crippen molar-refractivity contribution in [2.45, 2.75) is 13.8 Å². The number of ether oxygens (including phenoxy) is 1. The molecule has 3 rings (SSSR count). The summed E-state index contributed by atoms with van der Waals surface area (Å²) < 4.78 is 5.27. The highest BCUT2D eigenvalue weighted by Gasteiger charge is 2.30. The zero-order valence-corrected chi connectivity index (χ0v) is 15.3. The maximum atomic E-state index is 12.6. The fourth-order valence-electron chi connectivity index (χ4n) is 2.98. The van der Waals surface area contributed by atoms with Crippen molar-refractivity contribution in [3.8, 4) is 5.75 Å². The monoisotopic (exact) mass is 353 g/mol. The van der Waals surface area contributed by atoms with Gasteiger partial charge in [0.05, 0.1) is 12.8 Å². The topological polar surface area (TPSA) is 61.9 Å². The lowest BCUT2D eigenvalue weighted by Crippen LogP contribution is -2.37. The Morgan fingerprint density at radius 1 is 1.08 bits per heavy atom. The van der Waals surface area contributed by atoms with Crippen LogP contribution in [0.1, 0.15) is 11.1 Å². The van der Waals surface area contributed by atoms with Crippen LogP contribution in [0.15, 0.2) is 42.5 Å². The number of carbonyl (C=O) groups is 2. The van der Waals surface area contributed by atoms with E-state index in [0.29, 0.717) is 24.5 Å². The third-order valence-corrected chi connectivity index (χ3v) is 4.40. The van der Waals surface area contributed by atoms with Gasteiger partial charge >= 0.3 is 6.03 Å². The lowest BCUT2D eigenvalue weighted by molar-refractivity contribution is -0.116. The summed E-state index contributed by atoms with van der Waals surface area (Å²) in [6.45, 7) is 5.05. The van der Waals surface area contributed by atoms with E-state index in [1.165, 1.54) is 0 Å². The molecule has 1 heterocycles. The maximum absolute atomic E-state index is 12.6. The van der Waals surface area contributed by atoms with Gasteiger partial charge < -0.3 is 15.0 Å². The Hall–Kier alpha value is -3.02. The predicted molar refractivity (Wildman–Crippen MR) is 102 cm³/mol. The first-order chi connectivity index (χ1) is 12.5. The highest BCUT2D eigenvalue weighted by atomic mass is 16.5. The number of carbonyl (C=O) groups excluding carboxylic acids is 2. The van der Waals surface area contributed by atoms with Crippen LogP contribution in [0.3, 0.4) is 0 Å². The molecular weight excluding hydrogens is 330 g/mol. The highest BCUT2D eigenvalue weighted by Crippen LogP contribution is 2.25. The number of nitrogens with zero attached hydrogens (tertiary/aromatic N) is 2. The van der Waals surface area contributed by atoms with Crippen molar-refractivity contribution < 1.29 is 14.3 Å². The van der Waals surface area contributed by atoms with Gasteiger partial charge in [0.1, 0.15) is 12.3 Å².